The summed E-state index contributed by atoms with van der Waals surface area (Å²) in [5, 5.41) is 4.32. The van der Waals surface area contributed by atoms with Crippen molar-refractivity contribution in [2.75, 3.05) is 18.1 Å². The van der Waals surface area contributed by atoms with E-state index in [0.717, 1.165) is 34.0 Å². The maximum atomic E-state index is 13.4. The van der Waals surface area contributed by atoms with Crippen molar-refractivity contribution < 1.29 is 16.8 Å². The molecule has 34 heavy (non-hydrogen) atoms. The lowest BCUT2D eigenvalue weighted by Gasteiger charge is -2.29. The molecular formula is C24H22N4O4S2. The van der Waals surface area contributed by atoms with Crippen molar-refractivity contribution in [2.45, 2.75) is 22.8 Å². The number of para-hydroxylation sites is 1. The number of nitrogens with one attached hydrogen (secondary N) is 1. The van der Waals surface area contributed by atoms with Gasteiger partial charge in [0.1, 0.15) is 10.7 Å². The van der Waals surface area contributed by atoms with E-state index in [1.807, 2.05) is 30.3 Å². The van der Waals surface area contributed by atoms with Crippen molar-refractivity contribution in [1.82, 2.24) is 14.3 Å². The number of benzene rings is 2. The Labute approximate surface area is 198 Å². The lowest BCUT2D eigenvalue weighted by atomic mass is 10.0. The summed E-state index contributed by atoms with van der Waals surface area (Å²) in [5.41, 5.74) is 3.43. The number of fused-ring (bicyclic) bond motifs is 2. The molecule has 0 radical (unpaired) electrons. The molecule has 0 amide bonds. The standard InChI is InChI=1S/C24H22N4O4S2/c1-33(29,30)22-8-4-5-9-23(22)34(31,32)28-13-11-20-18(16-28)10-12-25-24(20)27-19-14-17-6-2-3-7-21(17)26-15-19/h2-10,12,14-15H,11,13,16H2,1H3,(H,25,27). The Balaban J connectivity index is 1.45. The first-order valence-electron chi connectivity index (χ1n) is 10.6. The highest BCUT2D eigenvalue weighted by atomic mass is 32.2. The number of hydrogen-bond acceptors (Lipinski definition) is 7. The Morgan fingerprint density at radius 2 is 1.65 bits per heavy atom. The van der Waals surface area contributed by atoms with Crippen LogP contribution in [0.25, 0.3) is 10.9 Å². The van der Waals surface area contributed by atoms with Gasteiger partial charge in [-0.1, -0.05) is 30.3 Å². The van der Waals surface area contributed by atoms with Gasteiger partial charge >= 0.3 is 0 Å². The molecule has 2 aromatic heterocycles. The minimum absolute atomic E-state index is 0.128. The molecule has 1 N–H and O–H groups in total. The fourth-order valence-corrected chi connectivity index (χ4v) is 7.18. The number of aromatic nitrogens is 2. The van der Waals surface area contributed by atoms with Crippen LogP contribution in [-0.2, 0) is 32.8 Å². The third-order valence-corrected chi connectivity index (χ3v) is 9.02. The van der Waals surface area contributed by atoms with Gasteiger partial charge in [0.15, 0.2) is 9.84 Å². The third kappa shape index (κ3) is 4.15. The van der Waals surface area contributed by atoms with Crippen molar-refractivity contribution in [2.24, 2.45) is 0 Å². The van der Waals surface area contributed by atoms with Crippen LogP contribution in [0.4, 0.5) is 11.5 Å². The summed E-state index contributed by atoms with van der Waals surface area (Å²) in [6.07, 6.45) is 4.83. The van der Waals surface area contributed by atoms with Crippen LogP contribution < -0.4 is 5.32 Å². The van der Waals surface area contributed by atoms with E-state index in [0.29, 0.717) is 12.2 Å². The van der Waals surface area contributed by atoms with Gasteiger partial charge in [-0.25, -0.2) is 21.8 Å². The molecule has 1 aliphatic rings. The van der Waals surface area contributed by atoms with Crippen LogP contribution in [0.1, 0.15) is 11.1 Å². The molecule has 0 aliphatic carbocycles. The van der Waals surface area contributed by atoms with Crippen LogP contribution in [0.3, 0.4) is 0 Å². The molecule has 0 bridgehead atoms. The number of rotatable bonds is 5. The van der Waals surface area contributed by atoms with Crippen LogP contribution in [0.2, 0.25) is 0 Å². The first-order chi connectivity index (χ1) is 16.2. The molecule has 0 saturated carbocycles. The zero-order chi connectivity index (χ0) is 23.9. The van der Waals surface area contributed by atoms with E-state index in [2.05, 4.69) is 15.3 Å². The van der Waals surface area contributed by atoms with E-state index in [1.54, 1.807) is 18.5 Å². The van der Waals surface area contributed by atoms with E-state index >= 15 is 0 Å². The number of hydrogen-bond donors (Lipinski definition) is 1. The highest BCUT2D eigenvalue weighted by Crippen LogP contribution is 2.32. The van der Waals surface area contributed by atoms with Crippen LogP contribution in [0.5, 0.6) is 0 Å². The largest absolute Gasteiger partial charge is 0.339 e. The van der Waals surface area contributed by atoms with E-state index in [-0.39, 0.29) is 22.9 Å². The molecule has 0 spiro atoms. The van der Waals surface area contributed by atoms with Gasteiger partial charge in [0.25, 0.3) is 0 Å². The van der Waals surface area contributed by atoms with Gasteiger partial charge in [-0.2, -0.15) is 4.31 Å². The molecule has 5 rings (SSSR count). The predicted octanol–water partition coefficient (Wildman–Crippen LogP) is 3.52. The van der Waals surface area contributed by atoms with Crippen LogP contribution in [0.15, 0.2) is 82.8 Å². The summed E-state index contributed by atoms with van der Waals surface area (Å²) in [6.45, 7) is 0.340. The highest BCUT2D eigenvalue weighted by Gasteiger charge is 2.33. The lowest BCUT2D eigenvalue weighted by Crippen LogP contribution is -2.36. The second-order valence-electron chi connectivity index (χ2n) is 8.15. The number of sulfonamides is 1. The van der Waals surface area contributed by atoms with Gasteiger partial charge in [0.2, 0.25) is 10.0 Å². The van der Waals surface area contributed by atoms with Crippen LogP contribution in [0, 0.1) is 0 Å². The molecule has 0 atom stereocenters. The summed E-state index contributed by atoms with van der Waals surface area (Å²) >= 11 is 0. The molecule has 1 aliphatic heterocycles. The van der Waals surface area contributed by atoms with Crippen LogP contribution in [-0.4, -0.2) is 43.9 Å². The number of pyridine rings is 2. The first-order valence-corrected chi connectivity index (χ1v) is 13.9. The van der Waals surface area contributed by atoms with Gasteiger partial charge in [0.05, 0.1) is 22.3 Å². The van der Waals surface area contributed by atoms with Crippen molar-refractivity contribution in [3.63, 3.8) is 0 Å². The Kier molecular flexibility index (Phi) is 5.59. The topological polar surface area (TPSA) is 109 Å². The fourth-order valence-electron chi connectivity index (χ4n) is 4.16. The molecule has 3 heterocycles. The van der Waals surface area contributed by atoms with Gasteiger partial charge in [-0.05, 0) is 42.3 Å². The van der Waals surface area contributed by atoms with Gasteiger partial charge < -0.3 is 5.32 Å². The summed E-state index contributed by atoms with van der Waals surface area (Å²) in [5.74, 6) is 0.656. The normalized spacial score (nSPS) is 14.6. The Hall–Kier alpha value is -3.34. The van der Waals surface area contributed by atoms with Crippen LogP contribution >= 0.6 is 0 Å². The Bertz CT molecular complexity index is 1620. The van der Waals surface area contributed by atoms with Crippen molar-refractivity contribution in [1.29, 1.82) is 0 Å². The summed E-state index contributed by atoms with van der Waals surface area (Å²) < 4.78 is 52.4. The Morgan fingerprint density at radius 1 is 0.912 bits per heavy atom. The molecule has 2 aromatic carbocycles. The number of nitrogens with zero attached hydrogens (tertiary/aromatic N) is 3. The van der Waals surface area contributed by atoms with Crippen molar-refractivity contribution >= 4 is 42.3 Å². The molecule has 0 unspecified atom stereocenters. The molecule has 10 heteroatoms. The van der Waals surface area contributed by atoms with E-state index in [1.165, 1.54) is 28.6 Å². The first kappa shape index (κ1) is 22.5. The van der Waals surface area contributed by atoms with E-state index < -0.39 is 19.9 Å². The molecule has 0 fully saturated rings. The minimum atomic E-state index is -4.01. The monoisotopic (exact) mass is 494 g/mol. The van der Waals surface area contributed by atoms with E-state index in [9.17, 15) is 16.8 Å². The minimum Gasteiger partial charge on any atom is -0.339 e. The zero-order valence-corrected chi connectivity index (χ0v) is 20.0. The van der Waals surface area contributed by atoms with Gasteiger partial charge in [-0.3, -0.25) is 4.98 Å². The number of anilines is 2. The maximum absolute atomic E-state index is 13.4. The summed E-state index contributed by atoms with van der Waals surface area (Å²) in [7, 11) is -7.72. The van der Waals surface area contributed by atoms with E-state index in [4.69, 9.17) is 0 Å². The average molecular weight is 495 g/mol. The zero-order valence-electron chi connectivity index (χ0n) is 18.3. The third-order valence-electron chi connectivity index (χ3n) is 5.83. The van der Waals surface area contributed by atoms with Crippen molar-refractivity contribution in [3.05, 3.63) is 84.2 Å². The second kappa shape index (κ2) is 8.46. The smallest absolute Gasteiger partial charge is 0.244 e. The summed E-state index contributed by atoms with van der Waals surface area (Å²) in [4.78, 5) is 8.55. The predicted molar refractivity (Wildman–Crippen MR) is 130 cm³/mol. The number of sulfone groups is 1. The molecule has 174 valence electrons. The Morgan fingerprint density at radius 3 is 2.44 bits per heavy atom. The average Bonchev–Trinajstić information content (AvgIpc) is 2.83. The summed E-state index contributed by atoms with van der Waals surface area (Å²) in [6, 6.07) is 17.3. The van der Waals surface area contributed by atoms with Crippen molar-refractivity contribution in [3.8, 4) is 0 Å². The SMILES string of the molecule is CS(=O)(=O)c1ccccc1S(=O)(=O)N1CCc2c(ccnc2Nc2cnc3ccccc3c2)C1. The molecular weight excluding hydrogens is 472 g/mol. The highest BCUT2D eigenvalue weighted by molar-refractivity contribution is 7.93. The quantitative estimate of drug-likeness (QED) is 0.452. The molecule has 8 nitrogen and oxygen atoms in total. The second-order valence-corrected chi connectivity index (χ2v) is 12.0. The van der Waals surface area contributed by atoms with Gasteiger partial charge in [0, 0.05) is 36.5 Å². The maximum Gasteiger partial charge on any atom is 0.244 e. The van der Waals surface area contributed by atoms with Gasteiger partial charge in [-0.15, -0.1) is 0 Å². The fraction of sp³-hybridized carbons (Fsp3) is 0.167. The molecule has 4 aromatic rings. The lowest BCUT2D eigenvalue weighted by molar-refractivity contribution is 0.390. The molecule has 0 saturated heterocycles.